The van der Waals surface area contributed by atoms with Gasteiger partial charge in [-0.3, -0.25) is 4.79 Å². The summed E-state index contributed by atoms with van der Waals surface area (Å²) >= 11 is 6.25. The van der Waals surface area contributed by atoms with Gasteiger partial charge in [-0.25, -0.2) is 0 Å². The molecule has 25 heavy (non-hydrogen) atoms. The lowest BCUT2D eigenvalue weighted by Gasteiger charge is -2.25. The van der Waals surface area contributed by atoms with Gasteiger partial charge >= 0.3 is 0 Å². The smallest absolute Gasteiger partial charge is 0.242 e. The number of benzene rings is 1. The van der Waals surface area contributed by atoms with Gasteiger partial charge < -0.3 is 14.4 Å². The minimum Gasteiger partial charge on any atom is -0.344 e. The van der Waals surface area contributed by atoms with Crippen LogP contribution in [0.3, 0.4) is 0 Å². The van der Waals surface area contributed by atoms with Gasteiger partial charge in [-0.1, -0.05) is 31.5 Å². The highest BCUT2D eigenvalue weighted by Crippen LogP contribution is 2.32. The molecule has 136 valence electrons. The van der Waals surface area contributed by atoms with Crippen molar-refractivity contribution in [2.45, 2.75) is 39.8 Å². The van der Waals surface area contributed by atoms with Gasteiger partial charge in [0.05, 0.1) is 5.52 Å². The number of halogens is 1. The Hall–Kier alpha value is -1.52. The summed E-state index contributed by atoms with van der Waals surface area (Å²) in [6.45, 7) is 7.49. The summed E-state index contributed by atoms with van der Waals surface area (Å²) in [4.78, 5) is 16.9. The minimum absolute atomic E-state index is 0.161. The van der Waals surface area contributed by atoms with Crippen LogP contribution in [0.25, 0.3) is 10.9 Å². The van der Waals surface area contributed by atoms with Crippen molar-refractivity contribution in [1.29, 1.82) is 0 Å². The van der Waals surface area contributed by atoms with E-state index in [2.05, 4.69) is 36.4 Å². The van der Waals surface area contributed by atoms with E-state index in [1.165, 1.54) is 16.6 Å². The second kappa shape index (κ2) is 7.38. The Morgan fingerprint density at radius 3 is 2.84 bits per heavy atom. The molecule has 0 fully saturated rings. The van der Waals surface area contributed by atoms with Crippen LogP contribution in [0.4, 0.5) is 0 Å². The predicted octanol–water partition coefficient (Wildman–Crippen LogP) is 3.79. The largest absolute Gasteiger partial charge is 0.344 e. The van der Waals surface area contributed by atoms with Crippen LogP contribution in [0.15, 0.2) is 18.2 Å². The number of likely N-dealkylation sites (N-methyl/N-ethyl adjacent to an activating group) is 2. The van der Waals surface area contributed by atoms with Crippen LogP contribution in [0.5, 0.6) is 0 Å². The molecule has 0 saturated heterocycles. The zero-order valence-electron chi connectivity index (χ0n) is 15.7. The summed E-state index contributed by atoms with van der Waals surface area (Å²) in [5, 5.41) is 1.96. The van der Waals surface area contributed by atoms with Crippen LogP contribution in [0.2, 0.25) is 5.02 Å². The molecule has 0 unspecified atom stereocenters. The zero-order valence-corrected chi connectivity index (χ0v) is 16.4. The average molecular weight is 362 g/mol. The third-order valence-corrected chi connectivity index (χ3v) is 5.41. The van der Waals surface area contributed by atoms with Crippen molar-refractivity contribution in [2.75, 3.05) is 27.2 Å². The average Bonchev–Trinajstić information content (AvgIpc) is 2.85. The molecule has 1 aromatic carbocycles. The normalized spacial score (nSPS) is 15.0. The minimum atomic E-state index is 0.161. The number of amides is 1. The van der Waals surface area contributed by atoms with Crippen molar-refractivity contribution in [3.8, 4) is 0 Å². The van der Waals surface area contributed by atoms with Crippen molar-refractivity contribution >= 4 is 28.4 Å². The molecule has 0 saturated carbocycles. The molecular weight excluding hydrogens is 334 g/mol. The van der Waals surface area contributed by atoms with Crippen molar-refractivity contribution < 1.29 is 4.79 Å². The number of nitrogens with zero attached hydrogens (tertiary/aromatic N) is 3. The van der Waals surface area contributed by atoms with Gasteiger partial charge in [-0.2, -0.15) is 0 Å². The van der Waals surface area contributed by atoms with Crippen molar-refractivity contribution in [1.82, 2.24) is 14.4 Å². The van der Waals surface area contributed by atoms with Crippen LogP contribution in [-0.2, 0) is 24.3 Å². The van der Waals surface area contributed by atoms with Crippen LogP contribution < -0.4 is 0 Å². The number of hydrogen-bond donors (Lipinski definition) is 0. The SMILES string of the molecule is CC(C)CCN(C)C(=O)Cn1c2c(c3ccc(Cl)cc31)CCN(C)C2. The first-order valence-electron chi connectivity index (χ1n) is 9.08. The lowest BCUT2D eigenvalue weighted by molar-refractivity contribution is -0.130. The highest BCUT2D eigenvalue weighted by Gasteiger charge is 2.24. The van der Waals surface area contributed by atoms with Crippen LogP contribution >= 0.6 is 11.6 Å². The molecule has 4 nitrogen and oxygen atoms in total. The number of carbonyl (C=O) groups is 1. The fourth-order valence-electron chi connectivity index (χ4n) is 3.56. The first-order chi connectivity index (χ1) is 11.9. The molecule has 2 heterocycles. The molecule has 0 bridgehead atoms. The molecule has 1 aliphatic rings. The summed E-state index contributed by atoms with van der Waals surface area (Å²) in [5.41, 5.74) is 3.72. The number of fused-ring (bicyclic) bond motifs is 3. The van der Waals surface area contributed by atoms with Gasteiger partial charge in [0.25, 0.3) is 0 Å². The monoisotopic (exact) mass is 361 g/mol. The fourth-order valence-corrected chi connectivity index (χ4v) is 3.72. The van der Waals surface area contributed by atoms with Crippen molar-refractivity contribution in [2.24, 2.45) is 5.92 Å². The predicted molar refractivity (Wildman–Crippen MR) is 104 cm³/mol. The van der Waals surface area contributed by atoms with E-state index in [9.17, 15) is 4.79 Å². The van der Waals surface area contributed by atoms with E-state index in [1.807, 2.05) is 24.1 Å². The van der Waals surface area contributed by atoms with Gasteiger partial charge in [0.1, 0.15) is 6.54 Å². The zero-order chi connectivity index (χ0) is 18.1. The summed E-state index contributed by atoms with van der Waals surface area (Å²) in [6, 6.07) is 6.05. The molecular formula is C20H28ClN3O. The second-order valence-electron chi connectivity index (χ2n) is 7.66. The molecule has 1 aromatic heterocycles. The maximum atomic E-state index is 12.8. The Labute approximate surface area is 155 Å². The third kappa shape index (κ3) is 3.85. The highest BCUT2D eigenvalue weighted by atomic mass is 35.5. The van der Waals surface area contributed by atoms with Gasteiger partial charge in [0.15, 0.2) is 0 Å². The Bertz CT molecular complexity index is 781. The van der Waals surface area contributed by atoms with Crippen LogP contribution in [0, 0.1) is 5.92 Å². The lowest BCUT2D eigenvalue weighted by atomic mass is 10.0. The second-order valence-corrected chi connectivity index (χ2v) is 8.09. The van der Waals surface area contributed by atoms with E-state index >= 15 is 0 Å². The Kier molecular flexibility index (Phi) is 5.40. The molecule has 3 rings (SSSR count). The van der Waals surface area contributed by atoms with E-state index in [0.29, 0.717) is 12.5 Å². The Balaban J connectivity index is 1.93. The number of aromatic nitrogens is 1. The maximum Gasteiger partial charge on any atom is 0.242 e. The molecule has 0 spiro atoms. The van der Waals surface area contributed by atoms with Crippen LogP contribution in [0.1, 0.15) is 31.5 Å². The number of hydrogen-bond acceptors (Lipinski definition) is 2. The quantitative estimate of drug-likeness (QED) is 0.810. The van der Waals surface area contributed by atoms with Crippen LogP contribution in [-0.4, -0.2) is 47.5 Å². The summed E-state index contributed by atoms with van der Waals surface area (Å²) in [5.74, 6) is 0.761. The van der Waals surface area contributed by atoms with Crippen molar-refractivity contribution in [3.63, 3.8) is 0 Å². The summed E-state index contributed by atoms with van der Waals surface area (Å²) < 4.78 is 2.18. The van der Waals surface area contributed by atoms with E-state index in [4.69, 9.17) is 11.6 Å². The lowest BCUT2D eigenvalue weighted by Crippen LogP contribution is -2.33. The molecule has 1 amide bonds. The van der Waals surface area contributed by atoms with E-state index in [1.54, 1.807) is 0 Å². The van der Waals surface area contributed by atoms with E-state index in [-0.39, 0.29) is 5.91 Å². The fraction of sp³-hybridized carbons (Fsp3) is 0.550. The van der Waals surface area contributed by atoms with Gasteiger partial charge in [0, 0.05) is 42.8 Å². The van der Waals surface area contributed by atoms with Gasteiger partial charge in [-0.05, 0) is 43.5 Å². The molecule has 5 heteroatoms. The van der Waals surface area contributed by atoms with E-state index in [0.717, 1.165) is 43.0 Å². The summed E-state index contributed by atoms with van der Waals surface area (Å²) in [6.07, 6.45) is 2.05. The number of carbonyl (C=O) groups excluding carboxylic acids is 1. The number of rotatable bonds is 5. The van der Waals surface area contributed by atoms with Gasteiger partial charge in [0.2, 0.25) is 5.91 Å². The maximum absolute atomic E-state index is 12.8. The first kappa shape index (κ1) is 18.3. The summed E-state index contributed by atoms with van der Waals surface area (Å²) in [7, 11) is 4.04. The first-order valence-corrected chi connectivity index (χ1v) is 9.46. The topological polar surface area (TPSA) is 28.5 Å². The van der Waals surface area contributed by atoms with E-state index < -0.39 is 0 Å². The Morgan fingerprint density at radius 1 is 1.36 bits per heavy atom. The Morgan fingerprint density at radius 2 is 2.12 bits per heavy atom. The highest BCUT2D eigenvalue weighted by molar-refractivity contribution is 6.31. The van der Waals surface area contributed by atoms with Gasteiger partial charge in [-0.15, -0.1) is 0 Å². The van der Waals surface area contributed by atoms with Crippen molar-refractivity contribution in [3.05, 3.63) is 34.5 Å². The standard InChI is InChI=1S/C20H28ClN3O/c1-14(2)7-10-23(4)20(25)13-24-18-11-15(21)5-6-16(18)17-8-9-22(3)12-19(17)24/h5-6,11,14H,7-10,12-13H2,1-4H3. The molecule has 2 aromatic rings. The molecule has 0 N–H and O–H groups in total. The molecule has 1 aliphatic heterocycles. The third-order valence-electron chi connectivity index (χ3n) is 5.17. The molecule has 0 atom stereocenters. The molecule has 0 radical (unpaired) electrons. The molecule has 0 aliphatic carbocycles.